The van der Waals surface area contributed by atoms with Gasteiger partial charge in [0, 0.05) is 0 Å². The van der Waals surface area contributed by atoms with Crippen LogP contribution in [0.5, 0.6) is 0 Å². The van der Waals surface area contributed by atoms with Gasteiger partial charge in [-0.15, -0.1) is 0 Å². The van der Waals surface area contributed by atoms with Crippen LogP contribution in [0.2, 0.25) is 0 Å². The van der Waals surface area contributed by atoms with Crippen molar-refractivity contribution >= 4 is 11.7 Å². The Kier molecular flexibility index (Phi) is 3.53. The van der Waals surface area contributed by atoms with Crippen molar-refractivity contribution in [1.82, 2.24) is 4.98 Å². The Bertz CT molecular complexity index is 330. The van der Waals surface area contributed by atoms with Gasteiger partial charge in [-0.05, 0) is 18.6 Å². The SMILES string of the molecule is CC[C@H](N)C(=O)Nc1cccc(F)n1. The third-order valence-electron chi connectivity index (χ3n) is 1.74. The average Bonchev–Trinajstić information content (AvgIpc) is 2.16. The Morgan fingerprint density at radius 1 is 1.71 bits per heavy atom. The molecule has 1 atom stereocenters. The second-order valence-electron chi connectivity index (χ2n) is 2.85. The molecule has 1 amide bonds. The van der Waals surface area contributed by atoms with Gasteiger partial charge in [0.15, 0.2) is 0 Å². The summed E-state index contributed by atoms with van der Waals surface area (Å²) in [5.74, 6) is -0.808. The molecule has 4 nitrogen and oxygen atoms in total. The first kappa shape index (κ1) is 10.6. The van der Waals surface area contributed by atoms with Crippen LogP contribution in [0.4, 0.5) is 10.2 Å². The average molecular weight is 197 g/mol. The summed E-state index contributed by atoms with van der Waals surface area (Å²) in [6.45, 7) is 1.79. The van der Waals surface area contributed by atoms with Crippen molar-refractivity contribution in [3.05, 3.63) is 24.1 Å². The van der Waals surface area contributed by atoms with Gasteiger partial charge in [0.05, 0.1) is 6.04 Å². The van der Waals surface area contributed by atoms with E-state index in [9.17, 15) is 9.18 Å². The van der Waals surface area contributed by atoms with Gasteiger partial charge in [-0.25, -0.2) is 4.98 Å². The molecule has 0 fully saturated rings. The maximum atomic E-state index is 12.6. The number of nitrogens with one attached hydrogen (secondary N) is 1. The zero-order valence-electron chi connectivity index (χ0n) is 7.83. The summed E-state index contributed by atoms with van der Waals surface area (Å²) in [6.07, 6.45) is 0.529. The summed E-state index contributed by atoms with van der Waals surface area (Å²) in [5.41, 5.74) is 5.47. The monoisotopic (exact) mass is 197 g/mol. The maximum absolute atomic E-state index is 12.6. The van der Waals surface area contributed by atoms with Gasteiger partial charge in [-0.2, -0.15) is 4.39 Å². The molecule has 14 heavy (non-hydrogen) atoms. The second-order valence-corrected chi connectivity index (χ2v) is 2.85. The Morgan fingerprint density at radius 3 is 3.00 bits per heavy atom. The van der Waals surface area contributed by atoms with E-state index in [-0.39, 0.29) is 11.7 Å². The van der Waals surface area contributed by atoms with Crippen LogP contribution in [0.1, 0.15) is 13.3 Å². The minimum Gasteiger partial charge on any atom is -0.320 e. The summed E-state index contributed by atoms with van der Waals surface area (Å²) in [5, 5.41) is 2.42. The lowest BCUT2D eigenvalue weighted by molar-refractivity contribution is -0.117. The number of carbonyl (C=O) groups is 1. The molecular weight excluding hydrogens is 185 g/mol. The minimum atomic E-state index is -0.632. The minimum absolute atomic E-state index is 0.180. The summed E-state index contributed by atoms with van der Waals surface area (Å²) in [7, 11) is 0. The van der Waals surface area contributed by atoms with Gasteiger partial charge >= 0.3 is 0 Å². The first-order chi connectivity index (χ1) is 6.63. The normalized spacial score (nSPS) is 12.2. The highest BCUT2D eigenvalue weighted by Crippen LogP contribution is 2.04. The number of halogens is 1. The predicted octanol–water partition coefficient (Wildman–Crippen LogP) is 0.896. The van der Waals surface area contributed by atoms with Crippen molar-refractivity contribution in [2.75, 3.05) is 5.32 Å². The fourth-order valence-electron chi connectivity index (χ4n) is 0.882. The summed E-state index contributed by atoms with van der Waals surface area (Å²) in [6, 6.07) is 3.59. The molecule has 1 rings (SSSR count). The van der Waals surface area contributed by atoms with Crippen LogP contribution in [0.3, 0.4) is 0 Å². The van der Waals surface area contributed by atoms with Gasteiger partial charge in [-0.3, -0.25) is 4.79 Å². The number of pyridine rings is 1. The number of carbonyl (C=O) groups excluding carboxylic acids is 1. The number of amides is 1. The zero-order chi connectivity index (χ0) is 10.6. The third-order valence-corrected chi connectivity index (χ3v) is 1.74. The summed E-state index contributed by atoms with van der Waals surface area (Å²) >= 11 is 0. The van der Waals surface area contributed by atoms with E-state index in [0.717, 1.165) is 0 Å². The molecular formula is C9H12FN3O. The van der Waals surface area contributed by atoms with E-state index < -0.39 is 12.0 Å². The molecule has 0 aromatic carbocycles. The molecule has 76 valence electrons. The highest BCUT2D eigenvalue weighted by molar-refractivity contribution is 5.93. The van der Waals surface area contributed by atoms with E-state index >= 15 is 0 Å². The molecule has 1 aromatic heterocycles. The molecule has 0 bridgehead atoms. The van der Waals surface area contributed by atoms with E-state index in [0.29, 0.717) is 6.42 Å². The van der Waals surface area contributed by atoms with E-state index in [1.807, 2.05) is 0 Å². The Morgan fingerprint density at radius 2 is 2.43 bits per heavy atom. The Labute approximate surface area is 81.3 Å². The number of rotatable bonds is 3. The van der Waals surface area contributed by atoms with E-state index in [1.54, 1.807) is 6.92 Å². The molecule has 1 heterocycles. The summed E-state index contributed by atoms with van der Waals surface area (Å²) < 4.78 is 12.6. The van der Waals surface area contributed by atoms with Gasteiger partial charge in [0.2, 0.25) is 11.9 Å². The first-order valence-corrected chi connectivity index (χ1v) is 4.32. The highest BCUT2D eigenvalue weighted by atomic mass is 19.1. The Hall–Kier alpha value is -1.49. The van der Waals surface area contributed by atoms with Gasteiger partial charge in [0.25, 0.3) is 0 Å². The molecule has 5 heteroatoms. The van der Waals surface area contributed by atoms with Crippen LogP contribution >= 0.6 is 0 Å². The number of nitrogens with two attached hydrogens (primary N) is 1. The number of nitrogens with zero attached hydrogens (tertiary/aromatic N) is 1. The van der Waals surface area contributed by atoms with Crippen molar-refractivity contribution in [2.45, 2.75) is 19.4 Å². The lowest BCUT2D eigenvalue weighted by atomic mass is 10.2. The predicted molar refractivity (Wildman–Crippen MR) is 51.1 cm³/mol. The second kappa shape index (κ2) is 4.66. The first-order valence-electron chi connectivity index (χ1n) is 4.32. The molecule has 0 saturated carbocycles. The van der Waals surface area contributed by atoms with Crippen molar-refractivity contribution in [3.63, 3.8) is 0 Å². The maximum Gasteiger partial charge on any atom is 0.242 e. The Balaban J connectivity index is 2.65. The molecule has 1 aromatic rings. The quantitative estimate of drug-likeness (QED) is 0.707. The standard InChI is InChI=1S/C9H12FN3O/c1-2-6(11)9(14)13-8-5-3-4-7(10)12-8/h3-6H,2,11H2,1H3,(H,12,13,14)/t6-/m0/s1. The smallest absolute Gasteiger partial charge is 0.242 e. The lowest BCUT2D eigenvalue weighted by Crippen LogP contribution is -2.35. The molecule has 0 aliphatic carbocycles. The molecule has 0 aliphatic rings. The zero-order valence-corrected chi connectivity index (χ0v) is 7.83. The largest absolute Gasteiger partial charge is 0.320 e. The van der Waals surface area contributed by atoms with E-state index in [2.05, 4.69) is 10.3 Å². The molecule has 0 saturated heterocycles. The molecule has 0 radical (unpaired) electrons. The van der Waals surface area contributed by atoms with E-state index in [4.69, 9.17) is 5.73 Å². The van der Waals surface area contributed by atoms with Crippen LogP contribution in [0, 0.1) is 5.95 Å². The number of hydrogen-bond acceptors (Lipinski definition) is 3. The topological polar surface area (TPSA) is 68.0 Å². The van der Waals surface area contributed by atoms with Crippen LogP contribution in [0.15, 0.2) is 18.2 Å². The molecule has 3 N–H and O–H groups in total. The van der Waals surface area contributed by atoms with Crippen LogP contribution in [-0.2, 0) is 4.79 Å². The van der Waals surface area contributed by atoms with Crippen molar-refractivity contribution in [3.8, 4) is 0 Å². The number of aromatic nitrogens is 1. The third kappa shape index (κ3) is 2.77. The van der Waals surface area contributed by atoms with Crippen molar-refractivity contribution in [2.24, 2.45) is 5.73 Å². The number of hydrogen-bond donors (Lipinski definition) is 2. The van der Waals surface area contributed by atoms with Crippen LogP contribution in [0.25, 0.3) is 0 Å². The van der Waals surface area contributed by atoms with Crippen LogP contribution in [-0.4, -0.2) is 16.9 Å². The fourth-order valence-corrected chi connectivity index (χ4v) is 0.882. The van der Waals surface area contributed by atoms with Crippen molar-refractivity contribution in [1.29, 1.82) is 0 Å². The van der Waals surface area contributed by atoms with Gasteiger partial charge in [0.1, 0.15) is 5.82 Å². The van der Waals surface area contributed by atoms with Crippen LogP contribution < -0.4 is 11.1 Å². The van der Waals surface area contributed by atoms with Crippen molar-refractivity contribution < 1.29 is 9.18 Å². The molecule has 0 unspecified atom stereocenters. The molecule has 0 aliphatic heterocycles. The fraction of sp³-hybridized carbons (Fsp3) is 0.333. The van der Waals surface area contributed by atoms with Gasteiger partial charge < -0.3 is 11.1 Å². The summed E-state index contributed by atoms with van der Waals surface area (Å²) in [4.78, 5) is 14.7. The lowest BCUT2D eigenvalue weighted by Gasteiger charge is -2.08. The van der Waals surface area contributed by atoms with E-state index in [1.165, 1.54) is 18.2 Å². The highest BCUT2D eigenvalue weighted by Gasteiger charge is 2.11. The number of anilines is 1. The van der Waals surface area contributed by atoms with Gasteiger partial charge in [-0.1, -0.05) is 13.0 Å². The molecule has 0 spiro atoms.